The van der Waals surface area contributed by atoms with Crippen molar-refractivity contribution in [3.05, 3.63) is 0 Å². The minimum absolute atomic E-state index is 0.278. The summed E-state index contributed by atoms with van der Waals surface area (Å²) in [5, 5.41) is 2.56. The number of carbonyl (C=O) groups excluding carboxylic acids is 1. The monoisotopic (exact) mass is 164 g/mol. The summed E-state index contributed by atoms with van der Waals surface area (Å²) in [6.07, 6.45) is 0.817. The molecule has 0 aromatic heterocycles. The van der Waals surface area contributed by atoms with Crippen molar-refractivity contribution in [2.45, 2.75) is 6.42 Å². The maximum absolute atomic E-state index is 10.4. The van der Waals surface area contributed by atoms with Gasteiger partial charge in [-0.1, -0.05) is 12.8 Å². The smallest absolute Gasteiger partial charge is 0.324 e. The largest absolute Gasteiger partial charge is 0.385 e. The molecule has 0 saturated carbocycles. The normalized spacial score (nSPS) is 9.00. The fourth-order valence-corrected chi connectivity index (χ4v) is 0.537. The minimum atomic E-state index is -0.278. The Morgan fingerprint density at radius 1 is 1.70 bits per heavy atom. The van der Waals surface area contributed by atoms with Gasteiger partial charge in [-0.05, 0) is 6.42 Å². The van der Waals surface area contributed by atoms with E-state index in [1.807, 2.05) is 0 Å². The molecule has 0 spiro atoms. The van der Waals surface area contributed by atoms with Gasteiger partial charge in [0.2, 0.25) is 0 Å². The second-order valence-electron chi connectivity index (χ2n) is 1.71. The predicted molar refractivity (Wildman–Crippen MR) is 42.0 cm³/mol. The lowest BCUT2D eigenvalue weighted by molar-refractivity contribution is 0.194. The van der Waals surface area contributed by atoms with Crippen molar-refractivity contribution in [1.82, 2.24) is 10.0 Å². The first-order valence-electron chi connectivity index (χ1n) is 2.98. The fourth-order valence-electron chi connectivity index (χ4n) is 0.458. The van der Waals surface area contributed by atoms with Crippen LogP contribution in [-0.2, 0) is 4.74 Å². The summed E-state index contributed by atoms with van der Waals surface area (Å²) in [5.74, 6) is 0. The van der Waals surface area contributed by atoms with Crippen LogP contribution in [0.5, 0.6) is 0 Å². The lowest BCUT2D eigenvalue weighted by atomic mass is 10.4. The molecule has 0 heterocycles. The Labute approximate surface area is 65.9 Å². The molecular formula is C5H12N2O2S. The van der Waals surface area contributed by atoms with Crippen molar-refractivity contribution < 1.29 is 9.53 Å². The first-order chi connectivity index (χ1) is 4.81. The van der Waals surface area contributed by atoms with Crippen molar-refractivity contribution in [3.63, 3.8) is 0 Å². The van der Waals surface area contributed by atoms with E-state index in [1.165, 1.54) is 0 Å². The van der Waals surface area contributed by atoms with Crippen molar-refractivity contribution in [2.75, 3.05) is 20.3 Å². The van der Waals surface area contributed by atoms with E-state index in [1.54, 1.807) is 7.11 Å². The maximum atomic E-state index is 10.4. The Balaban J connectivity index is 2.96. The van der Waals surface area contributed by atoms with Crippen LogP contribution in [0.1, 0.15) is 6.42 Å². The van der Waals surface area contributed by atoms with Gasteiger partial charge < -0.3 is 10.1 Å². The zero-order chi connectivity index (χ0) is 7.82. The van der Waals surface area contributed by atoms with Crippen LogP contribution < -0.4 is 10.0 Å². The Hall–Kier alpha value is -0.420. The first-order valence-corrected chi connectivity index (χ1v) is 3.43. The molecule has 0 aromatic carbocycles. The number of hydrogen-bond acceptors (Lipinski definition) is 3. The summed E-state index contributed by atoms with van der Waals surface area (Å²) in [6, 6.07) is -0.278. The second kappa shape index (κ2) is 6.70. The number of amides is 2. The van der Waals surface area contributed by atoms with Gasteiger partial charge in [-0.2, -0.15) is 0 Å². The molecule has 5 heteroatoms. The summed E-state index contributed by atoms with van der Waals surface area (Å²) in [5.41, 5.74) is 0. The Morgan fingerprint density at radius 3 is 2.90 bits per heavy atom. The van der Waals surface area contributed by atoms with Crippen molar-refractivity contribution in [1.29, 1.82) is 0 Å². The third-order valence-electron chi connectivity index (χ3n) is 0.912. The van der Waals surface area contributed by atoms with Gasteiger partial charge in [0.15, 0.2) is 0 Å². The topological polar surface area (TPSA) is 50.4 Å². The van der Waals surface area contributed by atoms with Crippen LogP contribution in [0.15, 0.2) is 0 Å². The molecule has 2 N–H and O–H groups in total. The van der Waals surface area contributed by atoms with Gasteiger partial charge in [-0.15, -0.1) is 0 Å². The number of nitrogens with one attached hydrogen (secondary N) is 2. The van der Waals surface area contributed by atoms with E-state index in [0.717, 1.165) is 6.42 Å². The first kappa shape index (κ1) is 9.58. The van der Waals surface area contributed by atoms with Crippen LogP contribution in [0.2, 0.25) is 0 Å². The van der Waals surface area contributed by atoms with E-state index >= 15 is 0 Å². The number of carbonyl (C=O) groups is 1. The van der Waals surface area contributed by atoms with E-state index in [4.69, 9.17) is 4.74 Å². The summed E-state index contributed by atoms with van der Waals surface area (Å²) in [4.78, 5) is 10.4. The summed E-state index contributed by atoms with van der Waals surface area (Å²) < 4.78 is 6.91. The molecule has 0 bridgehead atoms. The highest BCUT2D eigenvalue weighted by atomic mass is 32.1. The summed E-state index contributed by atoms with van der Waals surface area (Å²) in [7, 11) is 1.62. The van der Waals surface area contributed by atoms with Crippen LogP contribution in [0.25, 0.3) is 0 Å². The van der Waals surface area contributed by atoms with Gasteiger partial charge in [-0.3, -0.25) is 4.72 Å². The summed E-state index contributed by atoms with van der Waals surface area (Å²) >= 11 is 3.55. The number of urea groups is 1. The highest BCUT2D eigenvalue weighted by Crippen LogP contribution is 1.76. The average Bonchev–Trinajstić information content (AvgIpc) is 1.98. The van der Waals surface area contributed by atoms with Crippen molar-refractivity contribution >= 4 is 18.8 Å². The van der Waals surface area contributed by atoms with Crippen molar-refractivity contribution in [3.8, 4) is 0 Å². The highest BCUT2D eigenvalue weighted by molar-refractivity contribution is 7.78. The van der Waals surface area contributed by atoms with Gasteiger partial charge in [-0.25, -0.2) is 4.79 Å². The quantitative estimate of drug-likeness (QED) is 0.410. The van der Waals surface area contributed by atoms with Gasteiger partial charge >= 0.3 is 6.03 Å². The molecule has 60 valence electrons. The molecule has 0 radical (unpaired) electrons. The molecule has 0 atom stereocenters. The van der Waals surface area contributed by atoms with E-state index in [2.05, 4.69) is 22.9 Å². The van der Waals surface area contributed by atoms with Gasteiger partial charge in [0.05, 0.1) is 0 Å². The zero-order valence-corrected chi connectivity index (χ0v) is 6.78. The highest BCUT2D eigenvalue weighted by Gasteiger charge is 1.92. The molecule has 0 aliphatic carbocycles. The van der Waals surface area contributed by atoms with Crippen LogP contribution in [0, 0.1) is 0 Å². The maximum Gasteiger partial charge on any atom is 0.324 e. The summed E-state index contributed by atoms with van der Waals surface area (Å²) in [6.45, 7) is 1.27. The molecule has 4 nitrogen and oxygen atoms in total. The van der Waals surface area contributed by atoms with Gasteiger partial charge in [0, 0.05) is 20.3 Å². The van der Waals surface area contributed by atoms with E-state index in [-0.39, 0.29) is 6.03 Å². The third-order valence-corrected chi connectivity index (χ3v) is 1.12. The number of ether oxygens (including phenoxy) is 1. The molecule has 0 unspecified atom stereocenters. The molecule has 10 heavy (non-hydrogen) atoms. The predicted octanol–water partition coefficient (Wildman–Crippen LogP) is 0.167. The molecule has 0 aliphatic heterocycles. The Bertz CT molecular complexity index is 99.6. The fraction of sp³-hybridized carbons (Fsp3) is 0.800. The third kappa shape index (κ3) is 5.71. The lowest BCUT2D eigenvalue weighted by Gasteiger charge is -2.01. The number of hydrogen-bond donors (Lipinski definition) is 3. The zero-order valence-electron chi connectivity index (χ0n) is 5.89. The molecule has 0 saturated heterocycles. The standard InChI is InChI=1S/C5H12N2O2S/c1-9-4-2-3-6-5(8)7-10/h10H,2-4H2,1H3,(H2,6,7,8). The lowest BCUT2D eigenvalue weighted by Crippen LogP contribution is -2.30. The van der Waals surface area contributed by atoms with E-state index in [0.29, 0.717) is 13.2 Å². The van der Waals surface area contributed by atoms with Crippen molar-refractivity contribution in [2.24, 2.45) is 0 Å². The van der Waals surface area contributed by atoms with Crippen LogP contribution in [-0.4, -0.2) is 26.3 Å². The minimum Gasteiger partial charge on any atom is -0.385 e. The average molecular weight is 164 g/mol. The van der Waals surface area contributed by atoms with Crippen LogP contribution >= 0.6 is 12.8 Å². The molecule has 0 fully saturated rings. The molecule has 0 rings (SSSR count). The second-order valence-corrected chi connectivity index (χ2v) is 1.94. The molecular weight excluding hydrogens is 152 g/mol. The SMILES string of the molecule is COCCCNC(=O)NS. The van der Waals surface area contributed by atoms with Gasteiger partial charge in [0.1, 0.15) is 0 Å². The number of rotatable bonds is 4. The van der Waals surface area contributed by atoms with Crippen LogP contribution in [0.3, 0.4) is 0 Å². The molecule has 0 aliphatic rings. The Kier molecular flexibility index (Phi) is 6.42. The van der Waals surface area contributed by atoms with Gasteiger partial charge in [0.25, 0.3) is 0 Å². The van der Waals surface area contributed by atoms with E-state index in [9.17, 15) is 4.79 Å². The van der Waals surface area contributed by atoms with Crippen LogP contribution in [0.4, 0.5) is 4.79 Å². The molecule has 2 amide bonds. The Morgan fingerprint density at radius 2 is 2.40 bits per heavy atom. The number of thiol groups is 1. The number of methoxy groups -OCH3 is 1. The van der Waals surface area contributed by atoms with E-state index < -0.39 is 0 Å². The molecule has 0 aromatic rings.